The van der Waals surface area contributed by atoms with Gasteiger partial charge in [-0.3, -0.25) is 4.79 Å². The van der Waals surface area contributed by atoms with Gasteiger partial charge in [0.15, 0.2) is 0 Å². The topological polar surface area (TPSA) is 88.3 Å². The smallest absolute Gasteiger partial charge is 0.329 e. The molecule has 2 rings (SSSR count). The minimum Gasteiger partial charge on any atom is -0.480 e. The summed E-state index contributed by atoms with van der Waals surface area (Å²) in [7, 11) is 1.49. The Labute approximate surface area is 128 Å². The van der Waals surface area contributed by atoms with Gasteiger partial charge in [-0.15, -0.1) is 0 Å². The van der Waals surface area contributed by atoms with Crippen LogP contribution in [-0.2, 0) is 4.79 Å². The number of carboxylic acid groups (broad SMARTS) is 1. The lowest BCUT2D eigenvalue weighted by molar-refractivity contribution is -0.147. The normalized spacial score (nSPS) is 11.3. The number of likely N-dealkylation sites (N-methyl/N-ethyl adjacent to an activating group) is 1. The molecule has 0 fully saturated rings. The monoisotopic (exact) mass is 302 g/mol. The number of nitrogens with zero attached hydrogens (tertiary/aromatic N) is 4. The fourth-order valence-electron chi connectivity index (χ4n) is 1.95. The van der Waals surface area contributed by atoms with Crippen LogP contribution in [0.15, 0.2) is 30.9 Å². The summed E-state index contributed by atoms with van der Waals surface area (Å²) < 4.78 is 1.59. The van der Waals surface area contributed by atoms with Gasteiger partial charge in [-0.25, -0.2) is 14.5 Å². The van der Waals surface area contributed by atoms with E-state index in [1.807, 2.05) is 6.07 Å². The van der Waals surface area contributed by atoms with Gasteiger partial charge in [-0.05, 0) is 44.5 Å². The van der Waals surface area contributed by atoms with Crippen molar-refractivity contribution >= 4 is 11.9 Å². The number of hydrogen-bond donors (Lipinski definition) is 1. The second-order valence-corrected chi connectivity index (χ2v) is 5.57. The highest BCUT2D eigenvalue weighted by molar-refractivity contribution is 5.98. The molecular weight excluding hydrogens is 284 g/mol. The van der Waals surface area contributed by atoms with Crippen molar-refractivity contribution in [1.29, 1.82) is 0 Å². The van der Waals surface area contributed by atoms with E-state index in [2.05, 4.69) is 10.1 Å². The molecule has 7 nitrogen and oxygen atoms in total. The van der Waals surface area contributed by atoms with Crippen molar-refractivity contribution in [3.63, 3.8) is 0 Å². The van der Waals surface area contributed by atoms with E-state index in [4.69, 9.17) is 0 Å². The highest BCUT2D eigenvalue weighted by atomic mass is 16.4. The molecule has 0 aliphatic rings. The average Bonchev–Trinajstić information content (AvgIpc) is 2.99. The number of carbonyl (C=O) groups excluding carboxylic acids is 1. The molecule has 0 atom stereocenters. The summed E-state index contributed by atoms with van der Waals surface area (Å²) in [6.07, 6.45) is 2.99. The number of rotatable bonds is 4. The Morgan fingerprint density at radius 1 is 1.32 bits per heavy atom. The highest BCUT2D eigenvalue weighted by Crippen LogP contribution is 2.20. The standard InChI is InChI=1S/C15H18N4O3/c1-10-7-11(19-9-16-8-17-19)5-6-12(10)13(20)18(4)15(2,3)14(21)22/h5-9H,1-4H3,(H,21,22). The maximum absolute atomic E-state index is 12.5. The summed E-state index contributed by atoms with van der Waals surface area (Å²) in [5.74, 6) is -1.39. The van der Waals surface area contributed by atoms with E-state index in [9.17, 15) is 14.7 Å². The third kappa shape index (κ3) is 2.69. The highest BCUT2D eigenvalue weighted by Gasteiger charge is 2.35. The zero-order valence-corrected chi connectivity index (χ0v) is 12.9. The van der Waals surface area contributed by atoms with Crippen molar-refractivity contribution < 1.29 is 14.7 Å². The van der Waals surface area contributed by atoms with Crippen LogP contribution in [0, 0.1) is 6.92 Å². The Balaban J connectivity index is 2.33. The van der Waals surface area contributed by atoms with Crippen LogP contribution in [0.3, 0.4) is 0 Å². The molecule has 0 bridgehead atoms. The maximum Gasteiger partial charge on any atom is 0.329 e. The van der Waals surface area contributed by atoms with Crippen molar-refractivity contribution in [1.82, 2.24) is 19.7 Å². The molecule has 0 aliphatic heterocycles. The Hall–Kier alpha value is -2.70. The minimum atomic E-state index is -1.28. The molecule has 1 heterocycles. The van der Waals surface area contributed by atoms with Crippen LogP contribution in [0.1, 0.15) is 29.8 Å². The largest absolute Gasteiger partial charge is 0.480 e. The predicted octanol–water partition coefficient (Wildman–Crippen LogP) is 1.51. The fourth-order valence-corrected chi connectivity index (χ4v) is 1.95. The number of carbonyl (C=O) groups is 2. The lowest BCUT2D eigenvalue weighted by Crippen LogP contribution is -2.50. The second-order valence-electron chi connectivity index (χ2n) is 5.57. The van der Waals surface area contributed by atoms with Crippen LogP contribution < -0.4 is 0 Å². The van der Waals surface area contributed by atoms with Gasteiger partial charge in [0.05, 0.1) is 5.69 Å². The van der Waals surface area contributed by atoms with Crippen molar-refractivity contribution in [3.8, 4) is 5.69 Å². The Kier molecular flexibility index (Phi) is 3.99. The molecule has 2 aromatic rings. The molecule has 1 N–H and O–H groups in total. The zero-order valence-electron chi connectivity index (χ0n) is 12.9. The number of carboxylic acids is 1. The molecule has 116 valence electrons. The summed E-state index contributed by atoms with van der Waals surface area (Å²) in [5.41, 5.74) is 0.701. The molecule has 0 aliphatic carbocycles. The van der Waals surface area contributed by atoms with E-state index >= 15 is 0 Å². The second kappa shape index (κ2) is 5.59. The van der Waals surface area contributed by atoms with Crippen LogP contribution in [-0.4, -0.2) is 49.2 Å². The van der Waals surface area contributed by atoms with Crippen molar-refractivity contribution in [3.05, 3.63) is 42.0 Å². The molecule has 1 amide bonds. The predicted molar refractivity (Wildman–Crippen MR) is 79.9 cm³/mol. The summed E-state index contributed by atoms with van der Waals surface area (Å²) in [5, 5.41) is 13.3. The molecule has 7 heteroatoms. The Morgan fingerprint density at radius 3 is 2.50 bits per heavy atom. The van der Waals surface area contributed by atoms with Gasteiger partial charge in [0.2, 0.25) is 0 Å². The molecule has 0 unspecified atom stereocenters. The molecule has 1 aromatic heterocycles. The number of hydrogen-bond acceptors (Lipinski definition) is 4. The summed E-state index contributed by atoms with van der Waals surface area (Å²) >= 11 is 0. The van der Waals surface area contributed by atoms with E-state index < -0.39 is 11.5 Å². The van der Waals surface area contributed by atoms with Crippen LogP contribution in [0.4, 0.5) is 0 Å². The Bertz CT molecular complexity index is 708. The third-order valence-corrected chi connectivity index (χ3v) is 3.79. The van der Waals surface area contributed by atoms with Crippen LogP contribution >= 0.6 is 0 Å². The third-order valence-electron chi connectivity index (χ3n) is 3.79. The van der Waals surface area contributed by atoms with Gasteiger partial charge in [-0.1, -0.05) is 0 Å². The van der Waals surface area contributed by atoms with E-state index in [0.717, 1.165) is 11.3 Å². The van der Waals surface area contributed by atoms with Crippen LogP contribution in [0.2, 0.25) is 0 Å². The number of aromatic nitrogens is 3. The quantitative estimate of drug-likeness (QED) is 0.925. The lowest BCUT2D eigenvalue weighted by atomic mass is 10.0. The first-order valence-electron chi connectivity index (χ1n) is 6.72. The number of aliphatic carboxylic acids is 1. The van der Waals surface area contributed by atoms with Gasteiger partial charge >= 0.3 is 5.97 Å². The molecule has 0 spiro atoms. The summed E-state index contributed by atoms with van der Waals surface area (Å²) in [6.45, 7) is 4.79. The van der Waals surface area contributed by atoms with Gasteiger partial charge in [0.25, 0.3) is 5.91 Å². The summed E-state index contributed by atoms with van der Waals surface area (Å²) in [4.78, 5) is 28.9. The van der Waals surface area contributed by atoms with Crippen LogP contribution in [0.25, 0.3) is 5.69 Å². The van der Waals surface area contributed by atoms with Gasteiger partial charge in [-0.2, -0.15) is 5.10 Å². The zero-order chi connectivity index (χ0) is 16.5. The van der Waals surface area contributed by atoms with Crippen molar-refractivity contribution in [2.24, 2.45) is 0 Å². The van der Waals surface area contributed by atoms with E-state index in [-0.39, 0.29) is 5.91 Å². The van der Waals surface area contributed by atoms with E-state index in [1.165, 1.54) is 32.1 Å². The van der Waals surface area contributed by atoms with E-state index in [0.29, 0.717) is 5.56 Å². The van der Waals surface area contributed by atoms with Gasteiger partial charge < -0.3 is 10.0 Å². The molecule has 1 aromatic carbocycles. The molecular formula is C15H18N4O3. The fraction of sp³-hybridized carbons (Fsp3) is 0.333. The molecule has 22 heavy (non-hydrogen) atoms. The average molecular weight is 302 g/mol. The van der Waals surface area contributed by atoms with E-state index in [1.54, 1.807) is 30.1 Å². The van der Waals surface area contributed by atoms with Crippen LogP contribution in [0.5, 0.6) is 0 Å². The molecule has 0 radical (unpaired) electrons. The number of amides is 1. The van der Waals surface area contributed by atoms with Gasteiger partial charge in [0.1, 0.15) is 18.2 Å². The SMILES string of the molecule is Cc1cc(-n2cncn2)ccc1C(=O)N(C)C(C)(C)C(=O)O. The lowest BCUT2D eigenvalue weighted by Gasteiger charge is -2.32. The maximum atomic E-state index is 12.5. The van der Waals surface area contributed by atoms with Crippen molar-refractivity contribution in [2.45, 2.75) is 26.3 Å². The number of aryl methyl sites for hydroxylation is 1. The first-order chi connectivity index (χ1) is 10.2. The molecule has 0 saturated heterocycles. The van der Waals surface area contributed by atoms with Gasteiger partial charge in [0, 0.05) is 12.6 Å². The Morgan fingerprint density at radius 2 is 2.00 bits per heavy atom. The first-order valence-corrected chi connectivity index (χ1v) is 6.72. The minimum absolute atomic E-state index is 0.338. The summed E-state index contributed by atoms with van der Waals surface area (Å²) in [6, 6.07) is 5.23. The molecule has 0 saturated carbocycles. The first kappa shape index (κ1) is 15.7. The van der Waals surface area contributed by atoms with Crippen molar-refractivity contribution in [2.75, 3.05) is 7.05 Å². The number of benzene rings is 1.